The smallest absolute Gasteiger partial charge is 0.280 e. The Morgan fingerprint density at radius 3 is 2.33 bits per heavy atom. The molecule has 0 spiro atoms. The van der Waals surface area contributed by atoms with Crippen LogP contribution in [0.3, 0.4) is 0 Å². The SMILES string of the molecule is O=C1CCC(Nc2ccc(N3CCC(N4CCC(C(=O)NC5CCC(Nc6ncc(F)c(-c7cccc(N8CCCCC8=O)c7)n6)CC5)CC4)C(F)(F)C3)c(F)c2)C(=O)N1. The normalized spacial score (nSPS) is 25.4. The lowest BCUT2D eigenvalue weighted by Gasteiger charge is -2.46. The molecule has 1 aliphatic carbocycles. The van der Waals surface area contributed by atoms with Gasteiger partial charge < -0.3 is 25.8 Å². The minimum Gasteiger partial charge on any atom is -0.374 e. The predicted octanol–water partition coefficient (Wildman–Crippen LogP) is 5.62. The molecule has 4 saturated heterocycles. The lowest BCUT2D eigenvalue weighted by atomic mass is 9.89. The molecule has 1 saturated carbocycles. The van der Waals surface area contributed by atoms with Crippen LogP contribution in [-0.2, 0) is 19.2 Å². The number of carbonyl (C=O) groups excluding carboxylic acids is 4. The third kappa shape index (κ3) is 9.35. The molecule has 17 heteroatoms. The maximum absolute atomic E-state index is 15.7. The van der Waals surface area contributed by atoms with E-state index in [4.69, 9.17) is 0 Å². The summed E-state index contributed by atoms with van der Waals surface area (Å²) in [5.74, 6) is -5.16. The highest BCUT2D eigenvalue weighted by Crippen LogP contribution is 2.37. The largest absolute Gasteiger partial charge is 0.374 e. The second-order valence-electron chi connectivity index (χ2n) is 16.8. The summed E-state index contributed by atoms with van der Waals surface area (Å²) >= 11 is 0. The van der Waals surface area contributed by atoms with E-state index in [9.17, 15) is 23.6 Å². The van der Waals surface area contributed by atoms with Crippen molar-refractivity contribution in [1.29, 1.82) is 0 Å². The molecule has 60 heavy (non-hydrogen) atoms. The Morgan fingerprint density at radius 1 is 0.817 bits per heavy atom. The Balaban J connectivity index is 0.779. The van der Waals surface area contributed by atoms with E-state index in [-0.39, 0.29) is 72.9 Å². The fourth-order valence-electron chi connectivity index (χ4n) is 9.37. The van der Waals surface area contributed by atoms with Gasteiger partial charge in [-0.2, -0.15) is 0 Å². The Kier molecular flexibility index (Phi) is 12.2. The maximum atomic E-state index is 15.7. The average Bonchev–Trinajstić information content (AvgIpc) is 3.23. The van der Waals surface area contributed by atoms with E-state index >= 15 is 13.2 Å². The molecule has 4 amide bonds. The zero-order valence-corrected chi connectivity index (χ0v) is 33.4. The molecule has 0 bridgehead atoms. The standard InChI is InChI=1S/C43H51F4N9O4/c44-32-23-30(49-34-12-14-37(57)52-41(34)60)11-13-35(32)55-21-17-36(43(46,47)25-55)54-19-15-26(16-20-54)40(59)50-28-7-9-29(10-8-28)51-42-48-24-33(45)39(53-42)27-4-3-5-31(22-27)56-18-2-1-6-38(56)58/h3-5,11,13,22-24,26,28-29,34,36,49H,1-2,6-10,12,14-21,25H2,(H,50,59)(H,48,51,53)(H,52,57,60). The first-order chi connectivity index (χ1) is 28.9. The molecule has 1 aromatic heterocycles. The van der Waals surface area contributed by atoms with Crippen molar-refractivity contribution in [2.24, 2.45) is 5.92 Å². The van der Waals surface area contributed by atoms with E-state index < -0.39 is 42.1 Å². The van der Waals surface area contributed by atoms with E-state index in [1.54, 1.807) is 34.1 Å². The molecule has 8 rings (SSSR count). The Morgan fingerprint density at radius 2 is 1.60 bits per heavy atom. The number of halogens is 4. The van der Waals surface area contributed by atoms with E-state index in [1.807, 2.05) is 6.07 Å². The fraction of sp³-hybridized carbons (Fsp3) is 0.535. The predicted molar refractivity (Wildman–Crippen MR) is 217 cm³/mol. The van der Waals surface area contributed by atoms with Crippen LogP contribution in [0.15, 0.2) is 48.7 Å². The van der Waals surface area contributed by atoms with Gasteiger partial charge in [-0.15, -0.1) is 0 Å². The first kappa shape index (κ1) is 41.4. The van der Waals surface area contributed by atoms with Crippen molar-refractivity contribution in [1.82, 2.24) is 25.5 Å². The summed E-state index contributed by atoms with van der Waals surface area (Å²) in [5.41, 5.74) is 1.81. The van der Waals surface area contributed by atoms with Crippen LogP contribution < -0.4 is 31.1 Å². The van der Waals surface area contributed by atoms with Gasteiger partial charge in [-0.3, -0.25) is 29.4 Å². The number of nitrogens with one attached hydrogen (secondary N) is 4. The molecule has 2 aromatic carbocycles. The first-order valence-corrected chi connectivity index (χ1v) is 21.2. The summed E-state index contributed by atoms with van der Waals surface area (Å²) < 4.78 is 61.6. The second kappa shape index (κ2) is 17.7. The number of aromatic nitrogens is 2. The van der Waals surface area contributed by atoms with Crippen LogP contribution in [-0.4, -0.2) is 101 Å². The van der Waals surface area contributed by atoms with Gasteiger partial charge in [-0.05, 0) is 108 Å². The van der Waals surface area contributed by atoms with Crippen molar-refractivity contribution in [2.75, 3.05) is 53.2 Å². The lowest BCUT2D eigenvalue weighted by Crippen LogP contribution is -2.60. The molecule has 5 heterocycles. The minimum absolute atomic E-state index is 0.0187. The van der Waals surface area contributed by atoms with Gasteiger partial charge >= 0.3 is 0 Å². The number of carbonyl (C=O) groups is 4. The summed E-state index contributed by atoms with van der Waals surface area (Å²) in [7, 11) is 0. The molecule has 2 atom stereocenters. The number of amides is 4. The van der Waals surface area contributed by atoms with Crippen LogP contribution in [0.25, 0.3) is 11.3 Å². The number of piperidine rings is 4. The molecule has 0 radical (unpaired) electrons. The van der Waals surface area contributed by atoms with Crippen LogP contribution in [0.2, 0.25) is 0 Å². The number of anilines is 4. The highest BCUT2D eigenvalue weighted by atomic mass is 19.3. The van der Waals surface area contributed by atoms with Crippen molar-refractivity contribution in [2.45, 2.75) is 107 Å². The molecule has 320 valence electrons. The van der Waals surface area contributed by atoms with E-state index in [2.05, 4.69) is 31.2 Å². The number of hydrogen-bond donors (Lipinski definition) is 4. The summed E-state index contributed by atoms with van der Waals surface area (Å²) in [5, 5.41) is 11.7. The van der Waals surface area contributed by atoms with Crippen LogP contribution in [0.5, 0.6) is 0 Å². The van der Waals surface area contributed by atoms with Crippen LogP contribution in [0, 0.1) is 17.6 Å². The van der Waals surface area contributed by atoms with Gasteiger partial charge in [-0.25, -0.2) is 27.5 Å². The Hall–Kier alpha value is -5.32. The number of rotatable bonds is 10. The van der Waals surface area contributed by atoms with Crippen molar-refractivity contribution < 1.29 is 36.7 Å². The van der Waals surface area contributed by atoms with Gasteiger partial charge in [0, 0.05) is 60.9 Å². The van der Waals surface area contributed by atoms with Crippen molar-refractivity contribution in [3.05, 3.63) is 60.3 Å². The third-order valence-electron chi connectivity index (χ3n) is 12.7. The van der Waals surface area contributed by atoms with Gasteiger partial charge in [0.05, 0.1) is 24.5 Å². The first-order valence-electron chi connectivity index (χ1n) is 21.2. The third-order valence-corrected chi connectivity index (χ3v) is 12.7. The zero-order valence-electron chi connectivity index (χ0n) is 33.4. The number of hydrogen-bond acceptors (Lipinski definition) is 10. The Bertz CT molecular complexity index is 2090. The van der Waals surface area contributed by atoms with Crippen molar-refractivity contribution in [3.8, 4) is 11.3 Å². The van der Waals surface area contributed by atoms with Crippen LogP contribution in [0.4, 0.5) is 40.6 Å². The molecular weight excluding hydrogens is 783 g/mol. The molecule has 13 nitrogen and oxygen atoms in total. The zero-order chi connectivity index (χ0) is 42.0. The van der Waals surface area contributed by atoms with Crippen molar-refractivity contribution in [3.63, 3.8) is 0 Å². The molecule has 4 N–H and O–H groups in total. The van der Waals surface area contributed by atoms with Gasteiger partial charge in [0.15, 0.2) is 5.82 Å². The fourth-order valence-corrected chi connectivity index (χ4v) is 9.37. The highest BCUT2D eigenvalue weighted by Gasteiger charge is 2.49. The summed E-state index contributed by atoms with van der Waals surface area (Å²) in [6, 6.07) is 9.66. The van der Waals surface area contributed by atoms with Gasteiger partial charge in [0.2, 0.25) is 29.6 Å². The van der Waals surface area contributed by atoms with Gasteiger partial charge in [-0.1, -0.05) is 12.1 Å². The summed E-state index contributed by atoms with van der Waals surface area (Å²) in [6.07, 6.45) is 7.90. The topological polar surface area (TPSA) is 152 Å². The number of benzene rings is 2. The average molecular weight is 834 g/mol. The molecular formula is C43H51F4N9O4. The maximum Gasteiger partial charge on any atom is 0.280 e. The summed E-state index contributed by atoms with van der Waals surface area (Å²) in [6.45, 7) is 0.956. The van der Waals surface area contributed by atoms with Gasteiger partial charge in [0.25, 0.3) is 5.92 Å². The van der Waals surface area contributed by atoms with Gasteiger partial charge in [0.1, 0.15) is 17.6 Å². The van der Waals surface area contributed by atoms with E-state index in [0.29, 0.717) is 56.1 Å². The lowest BCUT2D eigenvalue weighted by molar-refractivity contribution is -0.134. The number of imide groups is 1. The Labute approximate surface area is 346 Å². The molecule has 5 fully saturated rings. The minimum atomic E-state index is -3.11. The molecule has 3 aromatic rings. The second-order valence-corrected chi connectivity index (χ2v) is 16.8. The summed E-state index contributed by atoms with van der Waals surface area (Å²) in [4.78, 5) is 62.9. The van der Waals surface area contributed by atoms with E-state index in [0.717, 1.165) is 50.4 Å². The number of alkyl halides is 2. The quantitative estimate of drug-likeness (QED) is 0.150. The van der Waals surface area contributed by atoms with Crippen LogP contribution in [0.1, 0.15) is 77.0 Å². The molecule has 2 unspecified atom stereocenters. The highest BCUT2D eigenvalue weighted by molar-refractivity contribution is 6.01. The van der Waals surface area contributed by atoms with Crippen LogP contribution >= 0.6 is 0 Å². The van der Waals surface area contributed by atoms with Crippen molar-refractivity contribution >= 4 is 46.6 Å². The van der Waals surface area contributed by atoms with E-state index in [1.165, 1.54) is 17.0 Å². The monoisotopic (exact) mass is 833 g/mol. The molecule has 5 aliphatic rings. The number of likely N-dealkylation sites (tertiary alicyclic amines) is 1. The number of nitrogens with zero attached hydrogens (tertiary/aromatic N) is 5. The molecule has 4 aliphatic heterocycles.